The zero-order valence-corrected chi connectivity index (χ0v) is 36.8. The number of rotatable bonds is 10. The average Bonchev–Trinajstić information content (AvgIpc) is 3.97. The molecule has 17 heteroatoms. The van der Waals surface area contributed by atoms with Gasteiger partial charge in [-0.2, -0.15) is 4.98 Å². The molecule has 7 heterocycles. The highest BCUT2D eigenvalue weighted by Gasteiger charge is 2.30. The summed E-state index contributed by atoms with van der Waals surface area (Å²) in [6, 6.07) is 18.3. The number of benzene rings is 2. The zero-order valence-electron chi connectivity index (χ0n) is 36.8. The van der Waals surface area contributed by atoms with E-state index < -0.39 is 23.2 Å². The van der Waals surface area contributed by atoms with E-state index in [0.717, 1.165) is 85.9 Å². The van der Waals surface area contributed by atoms with Crippen LogP contribution in [0.1, 0.15) is 82.0 Å². The molecule has 3 aliphatic heterocycles. The van der Waals surface area contributed by atoms with Gasteiger partial charge in [-0.25, -0.2) is 24.1 Å². The number of aromatic amines is 1. The first-order valence-corrected chi connectivity index (χ1v) is 22.0. The summed E-state index contributed by atoms with van der Waals surface area (Å²) in [5.74, 6) is 0.544. The third-order valence-electron chi connectivity index (χ3n) is 12.6. The maximum atomic E-state index is 15.7. The Morgan fingerprint density at radius 2 is 1.70 bits per heavy atom. The van der Waals surface area contributed by atoms with Gasteiger partial charge in [-0.3, -0.25) is 24.7 Å². The van der Waals surface area contributed by atoms with Gasteiger partial charge in [0.1, 0.15) is 23.6 Å². The van der Waals surface area contributed by atoms with Crippen molar-refractivity contribution in [2.45, 2.75) is 71.4 Å². The molecule has 3 saturated heterocycles. The number of carbonyl (C=O) groups is 3. The molecule has 4 amide bonds. The van der Waals surface area contributed by atoms with Gasteiger partial charge < -0.3 is 24.6 Å². The molecule has 0 radical (unpaired) electrons. The third kappa shape index (κ3) is 8.89. The first kappa shape index (κ1) is 42.5. The second-order valence-electron chi connectivity index (χ2n) is 18.2. The summed E-state index contributed by atoms with van der Waals surface area (Å²) < 4.78 is 20.9. The Morgan fingerprint density at radius 1 is 0.938 bits per heavy atom. The molecule has 3 N–H and O–H groups in total. The monoisotopic (exact) mass is 868 g/mol. The molecule has 2 aromatic carbocycles. The first-order valence-electron chi connectivity index (χ1n) is 22.0. The predicted molar refractivity (Wildman–Crippen MR) is 242 cm³/mol. The van der Waals surface area contributed by atoms with Crippen molar-refractivity contribution in [2.75, 3.05) is 60.5 Å². The number of hydrogen-bond donors (Lipinski definition) is 3. The maximum Gasteiger partial charge on any atom is 0.328 e. The number of imide groups is 1. The summed E-state index contributed by atoms with van der Waals surface area (Å²) in [7, 11) is 0. The smallest absolute Gasteiger partial charge is 0.328 e. The van der Waals surface area contributed by atoms with Gasteiger partial charge in [0.25, 0.3) is 11.7 Å². The number of fused-ring (bicyclic) bond motifs is 1. The fourth-order valence-corrected chi connectivity index (χ4v) is 8.96. The van der Waals surface area contributed by atoms with Gasteiger partial charge in [0.05, 0.1) is 11.7 Å². The molecule has 16 nitrogen and oxygen atoms in total. The lowest BCUT2D eigenvalue weighted by molar-refractivity contribution is -0.120. The Labute approximate surface area is 370 Å². The van der Waals surface area contributed by atoms with Gasteiger partial charge in [-0.05, 0) is 81.1 Å². The molecule has 4 aromatic heterocycles. The lowest BCUT2D eigenvalue weighted by Gasteiger charge is -2.43. The summed E-state index contributed by atoms with van der Waals surface area (Å²) in [5.41, 5.74) is 5.36. The van der Waals surface area contributed by atoms with Crippen LogP contribution < -0.4 is 25.3 Å². The number of aromatic nitrogens is 6. The van der Waals surface area contributed by atoms with E-state index in [0.29, 0.717) is 53.3 Å². The van der Waals surface area contributed by atoms with E-state index >= 15 is 4.39 Å². The summed E-state index contributed by atoms with van der Waals surface area (Å²) in [6.07, 6.45) is 5.91. The number of nitrogens with one attached hydrogen (secondary N) is 3. The van der Waals surface area contributed by atoms with Crippen LogP contribution in [0.4, 0.5) is 26.4 Å². The summed E-state index contributed by atoms with van der Waals surface area (Å²) in [6.45, 7) is 16.0. The van der Waals surface area contributed by atoms with E-state index in [2.05, 4.69) is 81.6 Å². The Hall–Kier alpha value is -6.75. The Bertz CT molecular complexity index is 2670. The van der Waals surface area contributed by atoms with Crippen LogP contribution >= 0.6 is 0 Å². The molecule has 0 bridgehead atoms. The Morgan fingerprint density at radius 3 is 2.39 bits per heavy atom. The van der Waals surface area contributed by atoms with Crippen LogP contribution in [-0.2, 0) is 10.2 Å². The highest BCUT2D eigenvalue weighted by Crippen LogP contribution is 2.33. The molecule has 0 saturated carbocycles. The van der Waals surface area contributed by atoms with Gasteiger partial charge in [0.15, 0.2) is 0 Å². The molecule has 332 valence electrons. The summed E-state index contributed by atoms with van der Waals surface area (Å²) in [4.78, 5) is 67.2. The highest BCUT2D eigenvalue weighted by molar-refractivity contribution is 6.05. The van der Waals surface area contributed by atoms with Crippen LogP contribution in [-0.4, -0.2) is 105 Å². The Kier molecular flexibility index (Phi) is 11.6. The first-order chi connectivity index (χ1) is 30.8. The van der Waals surface area contributed by atoms with E-state index in [1.807, 2.05) is 45.2 Å². The van der Waals surface area contributed by atoms with Crippen molar-refractivity contribution in [1.29, 1.82) is 0 Å². The summed E-state index contributed by atoms with van der Waals surface area (Å²) in [5, 5.41) is 9.70. The molecule has 3 fully saturated rings. The second kappa shape index (κ2) is 17.4. The van der Waals surface area contributed by atoms with Gasteiger partial charge in [-0.1, -0.05) is 38.1 Å². The van der Waals surface area contributed by atoms with Crippen molar-refractivity contribution >= 4 is 46.1 Å². The van der Waals surface area contributed by atoms with Crippen LogP contribution in [0.15, 0.2) is 77.7 Å². The van der Waals surface area contributed by atoms with Crippen LogP contribution in [0.3, 0.4) is 0 Å². The van der Waals surface area contributed by atoms with Gasteiger partial charge in [-0.15, -0.1) is 0 Å². The van der Waals surface area contributed by atoms with Gasteiger partial charge >= 0.3 is 6.03 Å². The SMILES string of the molecule is C[C@@H]1CN(CC2CCN(c3ccc(N4CCC(=O)NC4=O)cc3)CC2)CCN1c1ccc(-c2cc3c(-c4ccc([C@@H](C)NC(=O)c5noc(C(C)(C)C)n5)c(F)c4)ncnc3[nH]2)cn1. The van der Waals surface area contributed by atoms with Gasteiger partial charge in [0.2, 0.25) is 11.8 Å². The van der Waals surface area contributed by atoms with Crippen LogP contribution in [0.5, 0.6) is 0 Å². The van der Waals surface area contributed by atoms with Crippen molar-refractivity contribution in [3.63, 3.8) is 0 Å². The quantitative estimate of drug-likeness (QED) is 0.130. The number of urea groups is 1. The van der Waals surface area contributed by atoms with Crippen LogP contribution in [0.25, 0.3) is 33.5 Å². The van der Waals surface area contributed by atoms with Crippen molar-refractivity contribution in [3.8, 4) is 22.5 Å². The maximum absolute atomic E-state index is 15.7. The van der Waals surface area contributed by atoms with Crippen molar-refractivity contribution in [3.05, 3.63) is 96.3 Å². The minimum Gasteiger partial charge on any atom is -0.372 e. The standard InChI is InChI=1S/C47H53FN12O4/c1-28-25-57(26-30-14-17-58(18-15-30)33-8-10-34(11-9-33)60-19-16-40(61)54-46(60)63)20-21-59(28)39-13-7-32(24-49-39)38-23-36-41(50-27-51-42(36)53-38)31-6-12-35(37(48)22-31)29(2)52-44(62)43-55-45(64-56-43)47(3,4)5/h6-13,22-24,27-30H,14-21,25-26H2,1-5H3,(H,52,62)(H,50,51,53)(H,54,61,63)/t28-,29-/m1/s1. The fraction of sp³-hybridized carbons (Fsp3) is 0.404. The van der Waals surface area contributed by atoms with Crippen molar-refractivity contribution in [2.24, 2.45) is 5.92 Å². The van der Waals surface area contributed by atoms with E-state index in [1.54, 1.807) is 24.0 Å². The minimum absolute atomic E-state index is 0.103. The molecule has 0 aliphatic carbocycles. The number of hydrogen-bond acceptors (Lipinski definition) is 12. The fourth-order valence-electron chi connectivity index (χ4n) is 8.96. The largest absolute Gasteiger partial charge is 0.372 e. The molecule has 6 aromatic rings. The van der Waals surface area contributed by atoms with E-state index in [1.165, 1.54) is 12.4 Å². The summed E-state index contributed by atoms with van der Waals surface area (Å²) >= 11 is 0. The highest BCUT2D eigenvalue weighted by atomic mass is 19.1. The molecule has 0 spiro atoms. The molecular formula is C47H53FN12O4. The molecular weight excluding hydrogens is 816 g/mol. The van der Waals surface area contributed by atoms with Crippen molar-refractivity contribution in [1.82, 2.24) is 45.6 Å². The van der Waals surface area contributed by atoms with E-state index in [-0.39, 0.29) is 17.8 Å². The number of piperidine rings is 1. The number of nitrogens with zero attached hydrogens (tertiary/aromatic N) is 9. The third-order valence-corrected chi connectivity index (χ3v) is 12.6. The minimum atomic E-state index is -0.660. The number of H-pyrrole nitrogens is 1. The lowest BCUT2D eigenvalue weighted by atomic mass is 9.95. The predicted octanol–water partition coefficient (Wildman–Crippen LogP) is 6.87. The topological polar surface area (TPSA) is 182 Å². The van der Waals surface area contributed by atoms with Crippen LogP contribution in [0.2, 0.25) is 0 Å². The Balaban J connectivity index is 0.782. The number of halogens is 1. The molecule has 9 rings (SSSR count). The second-order valence-corrected chi connectivity index (χ2v) is 18.2. The number of amides is 4. The molecule has 0 unspecified atom stereocenters. The number of anilines is 3. The number of carbonyl (C=O) groups excluding carboxylic acids is 3. The molecule has 64 heavy (non-hydrogen) atoms. The van der Waals surface area contributed by atoms with Crippen molar-refractivity contribution < 1.29 is 23.3 Å². The molecule has 2 atom stereocenters. The zero-order chi connectivity index (χ0) is 44.7. The van der Waals surface area contributed by atoms with Gasteiger partial charge in [0, 0.05) is 109 Å². The average molecular weight is 869 g/mol. The normalized spacial score (nSPS) is 18.4. The van der Waals surface area contributed by atoms with Crippen LogP contribution in [0, 0.1) is 11.7 Å². The lowest BCUT2D eigenvalue weighted by Crippen LogP contribution is -2.53. The van der Waals surface area contributed by atoms with E-state index in [4.69, 9.17) is 9.51 Å². The number of pyridine rings is 1. The van der Waals surface area contributed by atoms with E-state index in [9.17, 15) is 14.4 Å². The molecule has 3 aliphatic rings. The number of piperazine rings is 1.